The monoisotopic (exact) mass is 331 g/mol. The maximum atomic E-state index is 13.6. The van der Waals surface area contributed by atoms with Crippen LogP contribution in [0.4, 0.5) is 10.1 Å². The quantitative estimate of drug-likeness (QED) is 0.881. The van der Waals surface area contributed by atoms with Crippen LogP contribution in [0.15, 0.2) is 36.7 Å². The zero-order valence-corrected chi connectivity index (χ0v) is 13.4. The molecule has 2 N–H and O–H groups in total. The molecule has 1 saturated carbocycles. The Morgan fingerprint density at radius 3 is 2.67 bits per heavy atom. The number of hydrogen-bond donors (Lipinski definition) is 2. The van der Waals surface area contributed by atoms with Gasteiger partial charge >= 0.3 is 5.97 Å². The summed E-state index contributed by atoms with van der Waals surface area (Å²) in [5.41, 5.74) is 0.398. The first-order valence-electron chi connectivity index (χ1n) is 7.60. The number of hydrogen-bond acceptors (Lipinski definition) is 3. The molecule has 1 heterocycles. The van der Waals surface area contributed by atoms with Crippen LogP contribution >= 0.6 is 0 Å². The van der Waals surface area contributed by atoms with Gasteiger partial charge in [-0.2, -0.15) is 5.10 Å². The fourth-order valence-corrected chi connectivity index (χ4v) is 3.12. The minimum absolute atomic E-state index is 0.245. The van der Waals surface area contributed by atoms with Crippen molar-refractivity contribution in [2.24, 2.45) is 17.3 Å². The number of nitrogens with one attached hydrogen (secondary N) is 1. The lowest BCUT2D eigenvalue weighted by Crippen LogP contribution is -2.17. The summed E-state index contributed by atoms with van der Waals surface area (Å²) in [5, 5.41) is 15.9. The molecule has 1 aliphatic carbocycles. The van der Waals surface area contributed by atoms with Crippen molar-refractivity contribution in [2.75, 3.05) is 5.32 Å². The van der Waals surface area contributed by atoms with Crippen molar-refractivity contribution in [3.63, 3.8) is 0 Å². The first-order chi connectivity index (χ1) is 11.3. The Balaban J connectivity index is 1.66. The second-order valence-corrected chi connectivity index (χ2v) is 6.62. The molecule has 1 amide bonds. The van der Waals surface area contributed by atoms with E-state index in [9.17, 15) is 14.0 Å². The van der Waals surface area contributed by atoms with E-state index in [-0.39, 0.29) is 18.3 Å². The van der Waals surface area contributed by atoms with E-state index in [0.29, 0.717) is 11.3 Å². The number of aliphatic carboxylic acids is 1. The van der Waals surface area contributed by atoms with E-state index in [1.165, 1.54) is 16.9 Å². The van der Waals surface area contributed by atoms with Gasteiger partial charge in [-0.3, -0.25) is 14.3 Å². The highest BCUT2D eigenvalue weighted by Crippen LogP contribution is 2.58. The number of rotatable bonds is 5. The largest absolute Gasteiger partial charge is 0.481 e. The van der Waals surface area contributed by atoms with Gasteiger partial charge in [-0.05, 0) is 11.5 Å². The van der Waals surface area contributed by atoms with Crippen molar-refractivity contribution >= 4 is 17.6 Å². The minimum atomic E-state index is -0.963. The van der Waals surface area contributed by atoms with Crippen molar-refractivity contribution in [3.05, 3.63) is 48.0 Å². The molecule has 0 aliphatic heterocycles. The number of carboxylic acids is 1. The molecule has 24 heavy (non-hydrogen) atoms. The van der Waals surface area contributed by atoms with Crippen LogP contribution in [0.2, 0.25) is 0 Å². The molecule has 7 heteroatoms. The van der Waals surface area contributed by atoms with E-state index in [0.717, 1.165) is 0 Å². The van der Waals surface area contributed by atoms with E-state index in [1.54, 1.807) is 38.2 Å². The first-order valence-corrected chi connectivity index (χ1v) is 7.60. The van der Waals surface area contributed by atoms with Crippen molar-refractivity contribution in [1.29, 1.82) is 0 Å². The Kier molecular flexibility index (Phi) is 3.87. The van der Waals surface area contributed by atoms with Crippen LogP contribution in [-0.4, -0.2) is 26.8 Å². The van der Waals surface area contributed by atoms with E-state index >= 15 is 0 Å². The number of carbonyl (C=O) groups is 2. The summed E-state index contributed by atoms with van der Waals surface area (Å²) in [7, 11) is 0. The SMILES string of the molecule is CC1(C)[C@H](C(=O)Nc2cnn(Cc3ccccc3F)c2)[C@@H]1C(=O)O. The highest BCUT2D eigenvalue weighted by Gasteiger charge is 2.65. The molecule has 0 saturated heterocycles. The molecular weight excluding hydrogens is 313 g/mol. The van der Waals surface area contributed by atoms with Crippen molar-refractivity contribution in [2.45, 2.75) is 20.4 Å². The van der Waals surface area contributed by atoms with Crippen LogP contribution in [0.3, 0.4) is 0 Å². The van der Waals surface area contributed by atoms with Crippen LogP contribution in [0.5, 0.6) is 0 Å². The van der Waals surface area contributed by atoms with Gasteiger partial charge in [0.2, 0.25) is 5.91 Å². The highest BCUT2D eigenvalue weighted by atomic mass is 19.1. The third-order valence-corrected chi connectivity index (χ3v) is 4.57. The molecule has 2 aromatic rings. The molecule has 0 spiro atoms. The Bertz CT molecular complexity index is 800. The van der Waals surface area contributed by atoms with Gasteiger partial charge in [0.05, 0.1) is 30.3 Å². The van der Waals surface area contributed by atoms with Crippen LogP contribution in [0, 0.1) is 23.1 Å². The Morgan fingerprint density at radius 2 is 2.04 bits per heavy atom. The van der Waals surface area contributed by atoms with Gasteiger partial charge in [0.1, 0.15) is 5.82 Å². The maximum Gasteiger partial charge on any atom is 0.307 e. The number of halogens is 1. The molecule has 1 aliphatic rings. The first kappa shape index (κ1) is 16.2. The molecular formula is C17H18FN3O3. The fourth-order valence-electron chi connectivity index (χ4n) is 3.12. The van der Waals surface area contributed by atoms with E-state index in [1.807, 2.05) is 0 Å². The normalized spacial score (nSPS) is 21.3. The number of anilines is 1. The predicted molar refractivity (Wildman–Crippen MR) is 84.8 cm³/mol. The molecule has 2 atom stereocenters. The Labute approximate surface area is 138 Å². The van der Waals surface area contributed by atoms with E-state index < -0.39 is 23.2 Å². The number of nitrogens with zero attached hydrogens (tertiary/aromatic N) is 2. The molecule has 0 unspecified atom stereocenters. The standard InChI is InChI=1S/C17H18FN3O3/c1-17(2)13(14(17)16(23)24)15(22)20-11-7-19-21(9-11)8-10-5-3-4-6-12(10)18/h3-7,9,13-14H,8H2,1-2H3,(H,20,22)(H,23,24)/t13-,14+/m0/s1. The lowest BCUT2D eigenvalue weighted by Gasteiger charge is -2.04. The molecule has 3 rings (SSSR count). The van der Waals surface area contributed by atoms with Gasteiger partial charge in [0, 0.05) is 11.8 Å². The molecule has 0 radical (unpaired) electrons. The van der Waals surface area contributed by atoms with Gasteiger partial charge in [-0.25, -0.2) is 4.39 Å². The number of carboxylic acid groups (broad SMARTS) is 1. The molecule has 126 valence electrons. The Hall–Kier alpha value is -2.70. The average Bonchev–Trinajstić information content (AvgIpc) is 2.85. The van der Waals surface area contributed by atoms with E-state index in [4.69, 9.17) is 5.11 Å². The lowest BCUT2D eigenvalue weighted by molar-refractivity contribution is -0.140. The molecule has 6 nitrogen and oxygen atoms in total. The summed E-state index contributed by atoms with van der Waals surface area (Å²) in [6.07, 6.45) is 3.05. The van der Waals surface area contributed by atoms with Crippen molar-refractivity contribution in [1.82, 2.24) is 9.78 Å². The Morgan fingerprint density at radius 1 is 1.33 bits per heavy atom. The van der Waals surface area contributed by atoms with Crippen molar-refractivity contribution < 1.29 is 19.1 Å². The van der Waals surface area contributed by atoms with Crippen LogP contribution in [-0.2, 0) is 16.1 Å². The summed E-state index contributed by atoms with van der Waals surface area (Å²) >= 11 is 0. The third kappa shape index (κ3) is 2.89. The zero-order valence-electron chi connectivity index (χ0n) is 13.4. The smallest absolute Gasteiger partial charge is 0.307 e. The van der Waals surface area contributed by atoms with Gasteiger partial charge in [-0.15, -0.1) is 0 Å². The summed E-state index contributed by atoms with van der Waals surface area (Å²) in [6.45, 7) is 3.77. The van der Waals surface area contributed by atoms with Crippen LogP contribution in [0.25, 0.3) is 0 Å². The summed E-state index contributed by atoms with van der Waals surface area (Å²) < 4.78 is 15.2. The predicted octanol–water partition coefficient (Wildman–Crippen LogP) is 2.37. The highest BCUT2D eigenvalue weighted by molar-refractivity contribution is 5.99. The summed E-state index contributed by atoms with van der Waals surface area (Å²) in [4.78, 5) is 23.4. The van der Waals surface area contributed by atoms with E-state index in [2.05, 4.69) is 10.4 Å². The third-order valence-electron chi connectivity index (χ3n) is 4.57. The minimum Gasteiger partial charge on any atom is -0.481 e. The number of aromatic nitrogens is 2. The zero-order chi connectivity index (χ0) is 17.5. The van der Waals surface area contributed by atoms with Gasteiger partial charge < -0.3 is 10.4 Å². The summed E-state index contributed by atoms with van der Waals surface area (Å²) in [5.74, 6) is -2.85. The molecule has 1 aromatic heterocycles. The van der Waals surface area contributed by atoms with Crippen LogP contribution in [0.1, 0.15) is 19.4 Å². The summed E-state index contributed by atoms with van der Waals surface area (Å²) in [6, 6.07) is 6.40. The van der Waals surface area contributed by atoms with Gasteiger partial charge in [-0.1, -0.05) is 32.0 Å². The number of benzene rings is 1. The topological polar surface area (TPSA) is 84.2 Å². The maximum absolute atomic E-state index is 13.6. The second kappa shape index (κ2) is 5.74. The average molecular weight is 331 g/mol. The second-order valence-electron chi connectivity index (χ2n) is 6.62. The van der Waals surface area contributed by atoms with Gasteiger partial charge in [0.15, 0.2) is 0 Å². The van der Waals surface area contributed by atoms with Crippen molar-refractivity contribution in [3.8, 4) is 0 Å². The molecule has 1 aromatic carbocycles. The molecule has 0 bridgehead atoms. The lowest BCUT2D eigenvalue weighted by atomic mass is 10.1. The molecule has 1 fully saturated rings. The number of amides is 1. The fraction of sp³-hybridized carbons (Fsp3) is 0.353. The van der Waals surface area contributed by atoms with Crippen LogP contribution < -0.4 is 5.32 Å². The van der Waals surface area contributed by atoms with Gasteiger partial charge in [0.25, 0.3) is 0 Å². The number of carbonyl (C=O) groups excluding carboxylic acids is 1.